The lowest BCUT2D eigenvalue weighted by Crippen LogP contribution is -2.18. The van der Waals surface area contributed by atoms with Gasteiger partial charge in [-0.05, 0) is 30.8 Å². The number of carbonyl (C=O) groups excluding carboxylic acids is 1. The molecule has 0 saturated carbocycles. The van der Waals surface area contributed by atoms with Crippen molar-refractivity contribution in [2.45, 2.75) is 6.92 Å². The molecule has 1 heterocycles. The van der Waals surface area contributed by atoms with E-state index in [0.29, 0.717) is 6.54 Å². The molecule has 0 unspecified atom stereocenters. The molecule has 4 heteroatoms. The maximum absolute atomic E-state index is 11.1. The van der Waals surface area contributed by atoms with E-state index in [1.165, 1.54) is 17.3 Å². The molecule has 0 atom stereocenters. The maximum Gasteiger partial charge on any atom is 0.215 e. The highest BCUT2D eigenvalue weighted by molar-refractivity contribution is 8.26. The van der Waals surface area contributed by atoms with Gasteiger partial charge in [0.25, 0.3) is 0 Å². The third-order valence-corrected chi connectivity index (χ3v) is 3.10. The summed E-state index contributed by atoms with van der Waals surface area (Å²) < 4.78 is 0. The van der Waals surface area contributed by atoms with Crippen molar-refractivity contribution in [3.05, 3.63) is 29.8 Å². The van der Waals surface area contributed by atoms with E-state index in [-0.39, 0.29) is 5.12 Å². The molecule has 2 rings (SSSR count). The maximum atomic E-state index is 11.1. The molecule has 0 amide bonds. The number of likely N-dealkylation sites (N-methyl/N-ethyl adjacent to an activating group) is 1. The summed E-state index contributed by atoms with van der Waals surface area (Å²) in [6, 6.07) is 7.95. The number of rotatable bonds is 1. The van der Waals surface area contributed by atoms with Crippen LogP contribution in [0.5, 0.6) is 0 Å². The molecule has 1 saturated heterocycles. The van der Waals surface area contributed by atoms with E-state index in [9.17, 15) is 4.79 Å². The average molecular weight is 220 g/mol. The van der Waals surface area contributed by atoms with Gasteiger partial charge < -0.3 is 4.90 Å². The van der Waals surface area contributed by atoms with Crippen LogP contribution in [0.4, 0.5) is 5.69 Å². The van der Waals surface area contributed by atoms with Crippen LogP contribution in [0.2, 0.25) is 0 Å². The minimum absolute atomic E-state index is 0.156. The predicted molar refractivity (Wildman–Crippen MR) is 63.5 cm³/mol. The van der Waals surface area contributed by atoms with Gasteiger partial charge in [0, 0.05) is 7.05 Å². The second-order valence-electron chi connectivity index (χ2n) is 3.56. The van der Waals surface area contributed by atoms with Crippen molar-refractivity contribution in [1.29, 1.82) is 0 Å². The van der Waals surface area contributed by atoms with Gasteiger partial charge in [0.15, 0.2) is 5.17 Å². The van der Waals surface area contributed by atoms with E-state index in [2.05, 4.69) is 4.99 Å². The normalized spacial score (nSPS) is 18.9. The zero-order chi connectivity index (χ0) is 10.8. The lowest BCUT2D eigenvalue weighted by atomic mass is 10.2. The van der Waals surface area contributed by atoms with Crippen LogP contribution in [-0.2, 0) is 4.79 Å². The van der Waals surface area contributed by atoms with E-state index in [0.717, 1.165) is 10.9 Å². The largest absolute Gasteiger partial charge is 0.346 e. The summed E-state index contributed by atoms with van der Waals surface area (Å²) in [7, 11) is 1.88. The van der Waals surface area contributed by atoms with Crippen molar-refractivity contribution in [1.82, 2.24) is 4.90 Å². The first-order chi connectivity index (χ1) is 7.15. The first kappa shape index (κ1) is 10.2. The Morgan fingerprint density at radius 1 is 1.33 bits per heavy atom. The molecule has 1 aliphatic heterocycles. The Labute approximate surface area is 93.2 Å². The highest BCUT2D eigenvalue weighted by Crippen LogP contribution is 2.22. The summed E-state index contributed by atoms with van der Waals surface area (Å²) in [6.07, 6.45) is 0. The van der Waals surface area contributed by atoms with Crippen LogP contribution in [0.25, 0.3) is 0 Å². The van der Waals surface area contributed by atoms with Gasteiger partial charge in [-0.3, -0.25) is 4.79 Å². The summed E-state index contributed by atoms with van der Waals surface area (Å²) in [5.74, 6) is 0. The predicted octanol–water partition coefficient (Wildman–Crippen LogP) is 2.19. The smallest absolute Gasteiger partial charge is 0.215 e. The number of thioether (sulfide) groups is 1. The summed E-state index contributed by atoms with van der Waals surface area (Å²) >= 11 is 1.21. The van der Waals surface area contributed by atoms with Crippen molar-refractivity contribution >= 4 is 27.7 Å². The quantitative estimate of drug-likeness (QED) is 0.727. The molecule has 0 spiro atoms. The van der Waals surface area contributed by atoms with Gasteiger partial charge in [-0.15, -0.1) is 0 Å². The van der Waals surface area contributed by atoms with E-state index < -0.39 is 0 Å². The van der Waals surface area contributed by atoms with Gasteiger partial charge in [-0.25, -0.2) is 4.99 Å². The minimum Gasteiger partial charge on any atom is -0.346 e. The number of aliphatic imine (C=N–C) groups is 1. The molecule has 0 aromatic heterocycles. The molecule has 0 aliphatic carbocycles. The van der Waals surface area contributed by atoms with Gasteiger partial charge in [0.1, 0.15) is 0 Å². The Balaban J connectivity index is 2.23. The molecular weight excluding hydrogens is 208 g/mol. The molecule has 1 aromatic carbocycles. The summed E-state index contributed by atoms with van der Waals surface area (Å²) in [6.45, 7) is 2.49. The number of hydrogen-bond donors (Lipinski definition) is 0. The Morgan fingerprint density at radius 2 is 2.00 bits per heavy atom. The third-order valence-electron chi connectivity index (χ3n) is 2.16. The van der Waals surface area contributed by atoms with Crippen LogP contribution < -0.4 is 0 Å². The van der Waals surface area contributed by atoms with Crippen molar-refractivity contribution < 1.29 is 4.79 Å². The average Bonchev–Trinajstić information content (AvgIpc) is 2.49. The lowest BCUT2D eigenvalue weighted by Gasteiger charge is -2.07. The van der Waals surface area contributed by atoms with Crippen molar-refractivity contribution in [3.8, 4) is 0 Å². The number of benzene rings is 1. The van der Waals surface area contributed by atoms with Crippen molar-refractivity contribution in [2.24, 2.45) is 4.99 Å². The van der Waals surface area contributed by atoms with Crippen LogP contribution in [0.3, 0.4) is 0 Å². The number of amidine groups is 1. The summed E-state index contributed by atoms with van der Waals surface area (Å²) in [5, 5.41) is 0.937. The Kier molecular flexibility index (Phi) is 2.77. The number of aryl methyl sites for hydroxylation is 1. The fraction of sp³-hybridized carbons (Fsp3) is 0.273. The molecule has 78 valence electrons. The SMILES string of the molecule is Cc1ccc(/N=C2/SC(=O)CN2C)cc1. The van der Waals surface area contributed by atoms with Crippen LogP contribution in [0.15, 0.2) is 29.3 Å². The van der Waals surface area contributed by atoms with Crippen molar-refractivity contribution in [3.63, 3.8) is 0 Å². The third kappa shape index (κ3) is 2.39. The van der Waals surface area contributed by atoms with E-state index in [1.54, 1.807) is 0 Å². The first-order valence-electron chi connectivity index (χ1n) is 4.72. The standard InChI is InChI=1S/C11H12N2OS/c1-8-3-5-9(6-4-8)12-11-13(2)7-10(14)15-11/h3-6H,7H2,1-2H3/b12-11+. The summed E-state index contributed by atoms with van der Waals surface area (Å²) in [5.41, 5.74) is 2.10. The van der Waals surface area contributed by atoms with Gasteiger partial charge >= 0.3 is 0 Å². The molecular formula is C11H12N2OS. The Bertz CT molecular complexity index is 411. The highest BCUT2D eigenvalue weighted by atomic mass is 32.2. The zero-order valence-corrected chi connectivity index (χ0v) is 9.54. The minimum atomic E-state index is 0.156. The monoisotopic (exact) mass is 220 g/mol. The van der Waals surface area contributed by atoms with E-state index in [1.807, 2.05) is 43.1 Å². The number of hydrogen-bond acceptors (Lipinski definition) is 3. The molecule has 1 aromatic rings. The number of nitrogens with zero attached hydrogens (tertiary/aromatic N) is 2. The molecule has 3 nitrogen and oxygen atoms in total. The molecule has 1 fully saturated rings. The molecule has 0 bridgehead atoms. The second-order valence-corrected chi connectivity index (χ2v) is 4.58. The Morgan fingerprint density at radius 3 is 2.53 bits per heavy atom. The van der Waals surface area contributed by atoms with Gasteiger partial charge in [-0.2, -0.15) is 0 Å². The highest BCUT2D eigenvalue weighted by Gasteiger charge is 2.23. The van der Waals surface area contributed by atoms with Crippen LogP contribution in [-0.4, -0.2) is 28.8 Å². The van der Waals surface area contributed by atoms with Crippen molar-refractivity contribution in [2.75, 3.05) is 13.6 Å². The molecule has 0 N–H and O–H groups in total. The molecule has 1 aliphatic rings. The van der Waals surface area contributed by atoms with Gasteiger partial charge in [0.2, 0.25) is 5.12 Å². The van der Waals surface area contributed by atoms with Gasteiger partial charge in [-0.1, -0.05) is 17.7 Å². The first-order valence-corrected chi connectivity index (χ1v) is 5.54. The molecule has 0 radical (unpaired) electrons. The van der Waals surface area contributed by atoms with Crippen LogP contribution in [0.1, 0.15) is 5.56 Å². The lowest BCUT2D eigenvalue weighted by molar-refractivity contribution is -0.110. The summed E-state index contributed by atoms with van der Waals surface area (Å²) in [4.78, 5) is 17.4. The van der Waals surface area contributed by atoms with E-state index >= 15 is 0 Å². The number of carbonyl (C=O) groups is 1. The fourth-order valence-corrected chi connectivity index (χ4v) is 2.14. The molecule has 15 heavy (non-hydrogen) atoms. The fourth-order valence-electron chi connectivity index (χ4n) is 1.31. The van der Waals surface area contributed by atoms with E-state index in [4.69, 9.17) is 0 Å². The Hall–Kier alpha value is -1.29. The van der Waals surface area contributed by atoms with Gasteiger partial charge in [0.05, 0.1) is 12.2 Å². The van der Waals surface area contributed by atoms with Crippen LogP contribution in [0, 0.1) is 6.92 Å². The topological polar surface area (TPSA) is 32.7 Å². The zero-order valence-electron chi connectivity index (χ0n) is 8.73. The van der Waals surface area contributed by atoms with Crippen LogP contribution >= 0.6 is 11.8 Å². The second kappa shape index (κ2) is 4.06.